The van der Waals surface area contributed by atoms with Gasteiger partial charge in [0.1, 0.15) is 10.1 Å². The molecule has 0 aliphatic rings. The van der Waals surface area contributed by atoms with Crippen molar-refractivity contribution in [1.82, 2.24) is 0 Å². The van der Waals surface area contributed by atoms with Gasteiger partial charge in [0.05, 0.1) is 0 Å². The predicted octanol–water partition coefficient (Wildman–Crippen LogP) is -1.91. The summed E-state index contributed by atoms with van der Waals surface area (Å²) in [4.78, 5) is 0. The molecular formula is C5H11LiO3S. The van der Waals surface area contributed by atoms with Gasteiger partial charge in [-0.05, 0) is 0 Å². The van der Waals surface area contributed by atoms with Gasteiger partial charge in [-0.1, -0.05) is 19.8 Å². The fraction of sp³-hybridized carbons (Fsp3) is 0.800. The van der Waals surface area contributed by atoms with Gasteiger partial charge in [0, 0.05) is 0 Å². The van der Waals surface area contributed by atoms with Crippen LogP contribution in [0.15, 0.2) is 0 Å². The normalized spacial score (nSPS) is 11.2. The van der Waals surface area contributed by atoms with E-state index in [4.69, 9.17) is 4.55 Å². The maximum absolute atomic E-state index is 10.0. The standard InChI is InChI=1S/C5H11O3S.Li/c1-5(2)3-4-9(6,7)8;/h4-5H,3H2,1-2H3,(H,6,7,8);/q-1;+1. The van der Waals surface area contributed by atoms with Crippen LogP contribution in [0, 0.1) is 11.7 Å². The summed E-state index contributed by atoms with van der Waals surface area (Å²) >= 11 is 0. The topological polar surface area (TPSA) is 54.4 Å². The first kappa shape index (κ1) is 13.1. The molecule has 3 nitrogen and oxygen atoms in total. The Morgan fingerprint density at radius 3 is 2.00 bits per heavy atom. The van der Waals surface area contributed by atoms with Crippen molar-refractivity contribution in [2.45, 2.75) is 20.3 Å². The molecule has 0 unspecified atom stereocenters. The first-order valence-electron chi connectivity index (χ1n) is 2.72. The summed E-state index contributed by atoms with van der Waals surface area (Å²) < 4.78 is 28.3. The molecule has 1 N–H and O–H groups in total. The first-order valence-corrected chi connectivity index (χ1v) is 4.23. The largest absolute Gasteiger partial charge is 1.00 e. The van der Waals surface area contributed by atoms with Crippen molar-refractivity contribution in [2.75, 3.05) is 0 Å². The van der Waals surface area contributed by atoms with Crippen molar-refractivity contribution in [1.29, 1.82) is 0 Å². The van der Waals surface area contributed by atoms with Gasteiger partial charge in [0.25, 0.3) is 0 Å². The van der Waals surface area contributed by atoms with Crippen LogP contribution in [-0.4, -0.2) is 13.0 Å². The van der Waals surface area contributed by atoms with E-state index in [0.717, 1.165) is 5.75 Å². The second-order valence-electron chi connectivity index (χ2n) is 2.31. The van der Waals surface area contributed by atoms with E-state index >= 15 is 0 Å². The SMILES string of the molecule is CC(C)C[CH-]S(=O)(=O)O.[Li+]. The van der Waals surface area contributed by atoms with Gasteiger partial charge in [-0.25, -0.2) is 8.42 Å². The maximum Gasteiger partial charge on any atom is 1.00 e. The zero-order valence-corrected chi connectivity index (χ0v) is 7.35. The maximum atomic E-state index is 10.0. The van der Waals surface area contributed by atoms with Crippen LogP contribution in [0.25, 0.3) is 0 Å². The molecule has 0 rings (SSSR count). The Bertz CT molecular complexity index is 162. The van der Waals surface area contributed by atoms with E-state index in [0.29, 0.717) is 6.42 Å². The zero-order chi connectivity index (χ0) is 7.49. The molecule has 0 aromatic carbocycles. The van der Waals surface area contributed by atoms with Crippen molar-refractivity contribution < 1.29 is 31.8 Å². The van der Waals surface area contributed by atoms with Crippen molar-refractivity contribution in [3.05, 3.63) is 5.75 Å². The van der Waals surface area contributed by atoms with Crippen LogP contribution < -0.4 is 18.9 Å². The molecule has 0 bridgehead atoms. The summed E-state index contributed by atoms with van der Waals surface area (Å²) in [6.07, 6.45) is 0.402. The Morgan fingerprint density at radius 1 is 1.50 bits per heavy atom. The van der Waals surface area contributed by atoms with E-state index < -0.39 is 10.1 Å². The number of rotatable bonds is 3. The van der Waals surface area contributed by atoms with Crippen molar-refractivity contribution in [3.8, 4) is 0 Å². The van der Waals surface area contributed by atoms with E-state index in [1.807, 2.05) is 13.8 Å². The van der Waals surface area contributed by atoms with Crippen molar-refractivity contribution >= 4 is 10.1 Å². The van der Waals surface area contributed by atoms with Gasteiger partial charge in [-0.15, -0.1) is 0 Å². The Balaban J connectivity index is 0. The van der Waals surface area contributed by atoms with Crippen LogP contribution in [0.5, 0.6) is 0 Å². The minimum Gasteiger partial charge on any atom is -0.309 e. The van der Waals surface area contributed by atoms with Gasteiger partial charge >= 0.3 is 18.9 Å². The summed E-state index contributed by atoms with van der Waals surface area (Å²) in [5, 5.41) is 0. The van der Waals surface area contributed by atoms with E-state index in [1.54, 1.807) is 0 Å². The average Bonchev–Trinajstić information content (AvgIpc) is 1.59. The van der Waals surface area contributed by atoms with Crippen LogP contribution in [0.2, 0.25) is 0 Å². The molecule has 5 heteroatoms. The molecule has 0 saturated carbocycles. The third-order valence-electron chi connectivity index (χ3n) is 0.778. The summed E-state index contributed by atoms with van der Waals surface area (Å²) in [6, 6.07) is 0. The average molecular weight is 158 g/mol. The van der Waals surface area contributed by atoms with Crippen LogP contribution in [0.4, 0.5) is 0 Å². The van der Waals surface area contributed by atoms with E-state index in [9.17, 15) is 8.42 Å². The minimum absolute atomic E-state index is 0. The molecule has 0 aliphatic heterocycles. The Morgan fingerprint density at radius 2 is 1.90 bits per heavy atom. The van der Waals surface area contributed by atoms with Gasteiger partial charge in [0.15, 0.2) is 0 Å². The monoisotopic (exact) mass is 158 g/mol. The molecular weight excluding hydrogens is 147 g/mol. The molecule has 0 radical (unpaired) electrons. The quantitative estimate of drug-likeness (QED) is 0.296. The molecule has 0 aromatic rings. The van der Waals surface area contributed by atoms with Gasteiger partial charge in [-0.3, -0.25) is 0 Å². The molecule has 0 spiro atoms. The molecule has 0 fully saturated rings. The van der Waals surface area contributed by atoms with Gasteiger partial charge in [-0.2, -0.15) is 12.2 Å². The first-order chi connectivity index (χ1) is 3.92. The van der Waals surface area contributed by atoms with Crippen LogP contribution in [0.1, 0.15) is 20.3 Å². The predicted molar refractivity (Wildman–Crippen MR) is 35.3 cm³/mol. The fourth-order valence-corrected chi connectivity index (χ4v) is 0.942. The molecule has 0 atom stereocenters. The summed E-state index contributed by atoms with van der Waals surface area (Å²) in [6.45, 7) is 3.75. The zero-order valence-electron chi connectivity index (χ0n) is 6.53. The molecule has 0 aliphatic carbocycles. The second kappa shape index (κ2) is 5.20. The third kappa shape index (κ3) is 11.3. The van der Waals surface area contributed by atoms with Crippen LogP contribution in [-0.2, 0) is 10.1 Å². The number of hydrogen-bond acceptors (Lipinski definition) is 2. The molecule has 10 heavy (non-hydrogen) atoms. The number of hydrogen-bond donors (Lipinski definition) is 1. The summed E-state index contributed by atoms with van der Waals surface area (Å²) in [7, 11) is -3.84. The molecule has 0 saturated heterocycles. The van der Waals surface area contributed by atoms with E-state index in [-0.39, 0.29) is 24.8 Å². The molecule has 0 amide bonds. The Labute approximate surface area is 74.1 Å². The fourth-order valence-electron chi connectivity index (χ4n) is 0.314. The molecule has 0 heterocycles. The van der Waals surface area contributed by atoms with E-state index in [2.05, 4.69) is 0 Å². The summed E-state index contributed by atoms with van der Waals surface area (Å²) in [5.41, 5.74) is 0. The molecule has 56 valence electrons. The second-order valence-corrected chi connectivity index (χ2v) is 3.67. The van der Waals surface area contributed by atoms with Gasteiger partial charge < -0.3 is 4.55 Å². The molecule has 0 aromatic heterocycles. The van der Waals surface area contributed by atoms with Crippen molar-refractivity contribution in [3.63, 3.8) is 0 Å². The third-order valence-corrected chi connectivity index (χ3v) is 1.39. The van der Waals surface area contributed by atoms with Crippen LogP contribution >= 0.6 is 0 Å². The van der Waals surface area contributed by atoms with Gasteiger partial charge in [0.2, 0.25) is 0 Å². The summed E-state index contributed by atoms with van der Waals surface area (Å²) in [5.74, 6) is 1.18. The van der Waals surface area contributed by atoms with Crippen LogP contribution in [0.3, 0.4) is 0 Å². The Hall–Kier alpha value is 0.507. The van der Waals surface area contributed by atoms with E-state index in [1.165, 1.54) is 0 Å². The minimum atomic E-state index is -3.84. The van der Waals surface area contributed by atoms with Crippen molar-refractivity contribution in [2.24, 2.45) is 5.92 Å². The Kier molecular flexibility index (Phi) is 6.82. The smallest absolute Gasteiger partial charge is 0.309 e.